The first kappa shape index (κ1) is 29.3. The Morgan fingerprint density at radius 1 is 0.929 bits per heavy atom. The molecule has 0 saturated carbocycles. The second-order valence-corrected chi connectivity index (χ2v) is 10.7. The van der Waals surface area contributed by atoms with Crippen LogP contribution >= 0.6 is 0 Å². The summed E-state index contributed by atoms with van der Waals surface area (Å²) in [5.74, 6) is 1.30. The van der Waals surface area contributed by atoms with Crippen molar-refractivity contribution in [3.63, 3.8) is 0 Å². The predicted octanol–water partition coefficient (Wildman–Crippen LogP) is 5.14. The van der Waals surface area contributed by atoms with Crippen LogP contribution in [-0.2, 0) is 6.54 Å². The number of carbonyl (C=O) groups is 2. The van der Waals surface area contributed by atoms with Crippen molar-refractivity contribution in [1.29, 1.82) is 0 Å². The minimum atomic E-state index is -0.249. The number of hydrogen-bond acceptors (Lipinski definition) is 6. The van der Waals surface area contributed by atoms with Gasteiger partial charge in [0.25, 0.3) is 5.91 Å². The molecule has 2 aliphatic rings. The number of amides is 3. The van der Waals surface area contributed by atoms with Crippen molar-refractivity contribution in [2.75, 3.05) is 63.7 Å². The Hall–Kier alpha value is -4.24. The molecule has 2 aliphatic heterocycles. The van der Waals surface area contributed by atoms with Crippen LogP contribution in [0.3, 0.4) is 0 Å². The Kier molecular flexibility index (Phi) is 9.48. The Bertz CT molecular complexity index is 1370. The van der Waals surface area contributed by atoms with E-state index < -0.39 is 0 Å². The van der Waals surface area contributed by atoms with E-state index in [-0.39, 0.29) is 18.0 Å². The first-order valence-corrected chi connectivity index (χ1v) is 14.7. The number of nitrogens with one attached hydrogen (secondary N) is 2. The highest BCUT2D eigenvalue weighted by Crippen LogP contribution is 2.40. The van der Waals surface area contributed by atoms with E-state index in [9.17, 15) is 9.59 Å². The fourth-order valence-electron chi connectivity index (χ4n) is 5.95. The van der Waals surface area contributed by atoms with Crippen LogP contribution in [0.25, 0.3) is 0 Å². The summed E-state index contributed by atoms with van der Waals surface area (Å²) in [6.07, 6.45) is 1.36. The normalized spacial score (nSPS) is 15.7. The smallest absolute Gasteiger partial charge is 0.319 e. The second-order valence-electron chi connectivity index (χ2n) is 10.7. The molecule has 42 heavy (non-hydrogen) atoms. The van der Waals surface area contributed by atoms with Gasteiger partial charge >= 0.3 is 6.03 Å². The maximum absolute atomic E-state index is 13.9. The van der Waals surface area contributed by atoms with Crippen molar-refractivity contribution < 1.29 is 19.1 Å². The van der Waals surface area contributed by atoms with Gasteiger partial charge in [0.2, 0.25) is 0 Å². The summed E-state index contributed by atoms with van der Waals surface area (Å²) < 4.78 is 11.1. The van der Waals surface area contributed by atoms with Gasteiger partial charge in [0.15, 0.2) is 11.5 Å². The highest BCUT2D eigenvalue weighted by atomic mass is 16.5. The highest BCUT2D eigenvalue weighted by molar-refractivity contribution is 6.00. The van der Waals surface area contributed by atoms with E-state index in [0.29, 0.717) is 37.4 Å². The van der Waals surface area contributed by atoms with Gasteiger partial charge in [0, 0.05) is 61.8 Å². The molecule has 2 heterocycles. The first-order chi connectivity index (χ1) is 20.5. The fraction of sp³-hybridized carbons (Fsp3) is 0.394. The number of ether oxygens (including phenoxy) is 2. The molecule has 0 aliphatic carbocycles. The van der Waals surface area contributed by atoms with Crippen molar-refractivity contribution in [2.24, 2.45) is 0 Å². The van der Waals surface area contributed by atoms with Crippen LogP contribution in [0.5, 0.6) is 11.5 Å². The zero-order valence-corrected chi connectivity index (χ0v) is 24.8. The number of rotatable bonds is 11. The topological polar surface area (TPSA) is 86.4 Å². The van der Waals surface area contributed by atoms with Crippen molar-refractivity contribution >= 4 is 23.3 Å². The summed E-state index contributed by atoms with van der Waals surface area (Å²) in [6, 6.07) is 20.9. The Morgan fingerprint density at radius 3 is 2.40 bits per heavy atom. The number of hydrogen-bond donors (Lipinski definition) is 2. The molecule has 3 amide bonds. The number of benzene rings is 3. The molecule has 5 rings (SSSR count). The lowest BCUT2D eigenvalue weighted by Crippen LogP contribution is -2.46. The predicted molar refractivity (Wildman–Crippen MR) is 166 cm³/mol. The van der Waals surface area contributed by atoms with Crippen LogP contribution in [0.1, 0.15) is 47.3 Å². The minimum absolute atomic E-state index is 0.0357. The summed E-state index contributed by atoms with van der Waals surface area (Å²) in [4.78, 5) is 33.2. The molecule has 1 atom stereocenters. The van der Waals surface area contributed by atoms with Gasteiger partial charge in [0.05, 0.1) is 20.3 Å². The zero-order valence-electron chi connectivity index (χ0n) is 24.8. The SMILES string of the molecule is CCN1CCN(c2cccc3c2CN([C@H](CCCNC(=O)Nc2ccccc2)c2ccc(OC)c(OC)c2)C3=O)CC1. The monoisotopic (exact) mass is 571 g/mol. The number of piperazine rings is 1. The molecular formula is C33H41N5O4. The van der Waals surface area contributed by atoms with Crippen molar-refractivity contribution in [1.82, 2.24) is 15.1 Å². The number of urea groups is 1. The molecule has 9 nitrogen and oxygen atoms in total. The molecule has 3 aromatic rings. The molecule has 0 radical (unpaired) electrons. The van der Waals surface area contributed by atoms with Crippen LogP contribution in [0.2, 0.25) is 0 Å². The summed E-state index contributed by atoms with van der Waals surface area (Å²) in [5.41, 5.74) is 4.74. The molecule has 0 aromatic heterocycles. The number of para-hydroxylation sites is 1. The van der Waals surface area contributed by atoms with Crippen LogP contribution in [0.4, 0.5) is 16.2 Å². The minimum Gasteiger partial charge on any atom is -0.493 e. The van der Waals surface area contributed by atoms with Crippen molar-refractivity contribution in [3.05, 3.63) is 83.4 Å². The van der Waals surface area contributed by atoms with Crippen LogP contribution < -0.4 is 25.0 Å². The fourth-order valence-corrected chi connectivity index (χ4v) is 5.95. The summed E-state index contributed by atoms with van der Waals surface area (Å²) >= 11 is 0. The molecule has 0 bridgehead atoms. The van der Waals surface area contributed by atoms with Crippen LogP contribution in [0.15, 0.2) is 66.7 Å². The van der Waals surface area contributed by atoms with Gasteiger partial charge in [-0.15, -0.1) is 0 Å². The quantitative estimate of drug-likeness (QED) is 0.310. The van der Waals surface area contributed by atoms with Gasteiger partial charge in [-0.2, -0.15) is 0 Å². The van der Waals surface area contributed by atoms with E-state index in [1.807, 2.05) is 65.6 Å². The van der Waals surface area contributed by atoms with Crippen molar-refractivity contribution in [2.45, 2.75) is 32.4 Å². The number of methoxy groups -OCH3 is 2. The number of likely N-dealkylation sites (N-methyl/N-ethyl adjacent to an activating group) is 1. The molecule has 0 spiro atoms. The molecule has 0 unspecified atom stereocenters. The molecule has 1 fully saturated rings. The lowest BCUT2D eigenvalue weighted by Gasteiger charge is -2.36. The molecule has 1 saturated heterocycles. The summed E-state index contributed by atoms with van der Waals surface area (Å²) in [5, 5.41) is 5.80. The Labute approximate surface area is 248 Å². The molecule has 222 valence electrons. The first-order valence-electron chi connectivity index (χ1n) is 14.7. The number of fused-ring (bicyclic) bond motifs is 1. The van der Waals surface area contributed by atoms with E-state index in [1.165, 1.54) is 0 Å². The van der Waals surface area contributed by atoms with E-state index in [0.717, 1.165) is 60.8 Å². The standard InChI is InChI=1S/C33H41N5O4/c1-4-36-18-20-37(21-19-36)29-13-8-12-26-27(29)23-38(32(26)39)28(24-15-16-30(41-2)31(22-24)42-3)14-9-17-34-33(40)35-25-10-6-5-7-11-25/h5-8,10-13,15-16,22,28H,4,9,14,17-21,23H2,1-3H3,(H2,34,35,40)/t28-/m1/s1. The largest absolute Gasteiger partial charge is 0.493 e. The third-order valence-corrected chi connectivity index (χ3v) is 8.27. The lowest BCUT2D eigenvalue weighted by atomic mass is 9.99. The zero-order chi connectivity index (χ0) is 29.5. The molecular weight excluding hydrogens is 530 g/mol. The highest BCUT2D eigenvalue weighted by Gasteiger charge is 2.36. The molecule has 2 N–H and O–H groups in total. The van der Waals surface area contributed by atoms with E-state index in [4.69, 9.17) is 9.47 Å². The third-order valence-electron chi connectivity index (χ3n) is 8.27. The summed E-state index contributed by atoms with van der Waals surface area (Å²) in [7, 11) is 3.23. The van der Waals surface area contributed by atoms with Crippen LogP contribution in [-0.4, -0.2) is 75.2 Å². The van der Waals surface area contributed by atoms with Gasteiger partial charge < -0.3 is 34.8 Å². The van der Waals surface area contributed by atoms with Gasteiger partial charge in [-0.1, -0.05) is 37.3 Å². The third kappa shape index (κ3) is 6.46. The average molecular weight is 572 g/mol. The van der Waals surface area contributed by atoms with E-state index in [2.05, 4.69) is 33.4 Å². The number of nitrogens with zero attached hydrogens (tertiary/aromatic N) is 3. The Morgan fingerprint density at radius 2 is 1.69 bits per heavy atom. The van der Waals surface area contributed by atoms with Gasteiger partial charge in [-0.3, -0.25) is 4.79 Å². The van der Waals surface area contributed by atoms with Gasteiger partial charge in [-0.05, 0) is 61.3 Å². The maximum Gasteiger partial charge on any atom is 0.319 e. The van der Waals surface area contributed by atoms with Gasteiger partial charge in [-0.25, -0.2) is 4.79 Å². The average Bonchev–Trinajstić information content (AvgIpc) is 3.37. The van der Waals surface area contributed by atoms with Crippen molar-refractivity contribution in [3.8, 4) is 11.5 Å². The molecule has 3 aromatic carbocycles. The van der Waals surface area contributed by atoms with Crippen LogP contribution in [0, 0.1) is 0 Å². The second kappa shape index (κ2) is 13.6. The lowest BCUT2D eigenvalue weighted by molar-refractivity contribution is 0.0689. The number of carbonyl (C=O) groups excluding carboxylic acids is 2. The maximum atomic E-state index is 13.9. The number of anilines is 2. The van der Waals surface area contributed by atoms with E-state index >= 15 is 0 Å². The summed E-state index contributed by atoms with van der Waals surface area (Å²) in [6.45, 7) is 8.23. The Balaban J connectivity index is 1.33. The van der Waals surface area contributed by atoms with Gasteiger partial charge in [0.1, 0.15) is 0 Å². The molecule has 9 heteroatoms. The van der Waals surface area contributed by atoms with E-state index in [1.54, 1.807) is 14.2 Å².